The Hall–Kier alpha value is -0.890. The van der Waals surface area contributed by atoms with Crippen LogP contribution >= 0.6 is 0 Å². The summed E-state index contributed by atoms with van der Waals surface area (Å²) in [5.41, 5.74) is 4.93. The highest BCUT2D eigenvalue weighted by Crippen LogP contribution is 2.21. The zero-order valence-electron chi connectivity index (χ0n) is 7.01. The fraction of sp³-hybridized carbons (Fsp3) is 0.833. The summed E-state index contributed by atoms with van der Waals surface area (Å²) < 4.78 is 47.5. The SMILES string of the molecule is NC(CNCC(F)(F)C(F)F)C(=O)O. The molecule has 0 aliphatic carbocycles. The zero-order valence-corrected chi connectivity index (χ0v) is 7.01. The van der Waals surface area contributed by atoms with Crippen LogP contribution in [0.4, 0.5) is 17.6 Å². The van der Waals surface area contributed by atoms with Gasteiger partial charge in [0.2, 0.25) is 0 Å². The molecule has 14 heavy (non-hydrogen) atoms. The quantitative estimate of drug-likeness (QED) is 0.544. The molecule has 0 amide bonds. The standard InChI is InChI=1S/C6H10F4N2O2/c7-5(8)6(9,10)2-12-1-3(11)4(13)14/h3,5,12H,1-2,11H2,(H,13,14). The molecular formula is C6H10F4N2O2. The highest BCUT2D eigenvalue weighted by Gasteiger charge is 2.40. The molecule has 4 N–H and O–H groups in total. The molecule has 0 rings (SSSR count). The number of rotatable bonds is 6. The van der Waals surface area contributed by atoms with Crippen molar-refractivity contribution in [1.82, 2.24) is 5.32 Å². The van der Waals surface area contributed by atoms with Crippen LogP contribution in [0.5, 0.6) is 0 Å². The van der Waals surface area contributed by atoms with Crippen molar-refractivity contribution < 1.29 is 27.5 Å². The number of carboxylic acids is 1. The molecule has 0 spiro atoms. The van der Waals surface area contributed by atoms with Crippen molar-refractivity contribution >= 4 is 5.97 Å². The van der Waals surface area contributed by atoms with E-state index in [1.807, 2.05) is 5.32 Å². The minimum absolute atomic E-state index is 0.488. The summed E-state index contributed by atoms with van der Waals surface area (Å²) in [6.07, 6.45) is -3.78. The van der Waals surface area contributed by atoms with E-state index in [4.69, 9.17) is 10.8 Å². The van der Waals surface area contributed by atoms with Crippen LogP contribution < -0.4 is 11.1 Å². The maximum Gasteiger partial charge on any atom is 0.321 e. The lowest BCUT2D eigenvalue weighted by Gasteiger charge is -2.16. The third-order valence-electron chi connectivity index (χ3n) is 1.36. The predicted octanol–water partition coefficient (Wildman–Crippen LogP) is -0.112. The molecule has 0 aromatic rings. The van der Waals surface area contributed by atoms with Gasteiger partial charge < -0.3 is 16.2 Å². The number of hydrogen-bond acceptors (Lipinski definition) is 3. The van der Waals surface area contributed by atoms with Crippen molar-refractivity contribution in [3.63, 3.8) is 0 Å². The van der Waals surface area contributed by atoms with Crippen LogP contribution in [0.3, 0.4) is 0 Å². The summed E-state index contributed by atoms with van der Waals surface area (Å²) >= 11 is 0. The highest BCUT2D eigenvalue weighted by molar-refractivity contribution is 5.73. The van der Waals surface area contributed by atoms with Gasteiger partial charge in [-0.05, 0) is 0 Å². The van der Waals surface area contributed by atoms with Gasteiger partial charge in [0.1, 0.15) is 6.04 Å². The van der Waals surface area contributed by atoms with Gasteiger partial charge in [-0.15, -0.1) is 0 Å². The minimum atomic E-state index is -4.17. The molecular weight excluding hydrogens is 208 g/mol. The maximum absolute atomic E-state index is 12.2. The molecule has 84 valence electrons. The molecule has 0 aromatic carbocycles. The van der Waals surface area contributed by atoms with Crippen molar-refractivity contribution in [1.29, 1.82) is 0 Å². The van der Waals surface area contributed by atoms with Gasteiger partial charge >= 0.3 is 18.3 Å². The lowest BCUT2D eigenvalue weighted by molar-refractivity contribution is -0.139. The van der Waals surface area contributed by atoms with Crippen molar-refractivity contribution in [2.24, 2.45) is 5.73 Å². The van der Waals surface area contributed by atoms with Gasteiger partial charge in [0.05, 0.1) is 6.54 Å². The molecule has 0 bridgehead atoms. The fourth-order valence-electron chi connectivity index (χ4n) is 0.559. The highest BCUT2D eigenvalue weighted by atomic mass is 19.3. The molecule has 4 nitrogen and oxygen atoms in total. The molecule has 1 unspecified atom stereocenters. The fourth-order valence-corrected chi connectivity index (χ4v) is 0.559. The smallest absolute Gasteiger partial charge is 0.321 e. The number of hydrogen-bond donors (Lipinski definition) is 3. The summed E-state index contributed by atoms with van der Waals surface area (Å²) in [6, 6.07) is -1.39. The van der Waals surface area contributed by atoms with Crippen LogP contribution in [-0.2, 0) is 4.79 Å². The first kappa shape index (κ1) is 13.1. The van der Waals surface area contributed by atoms with Crippen LogP contribution in [0.25, 0.3) is 0 Å². The van der Waals surface area contributed by atoms with Crippen LogP contribution in [0, 0.1) is 0 Å². The first-order chi connectivity index (χ1) is 6.27. The van der Waals surface area contributed by atoms with E-state index < -0.39 is 37.4 Å². The van der Waals surface area contributed by atoms with E-state index >= 15 is 0 Å². The molecule has 1 atom stereocenters. The molecule has 0 aromatic heterocycles. The van der Waals surface area contributed by atoms with Crippen molar-refractivity contribution in [3.05, 3.63) is 0 Å². The van der Waals surface area contributed by atoms with Gasteiger partial charge in [-0.25, -0.2) is 8.78 Å². The third kappa shape index (κ3) is 4.38. The lowest BCUT2D eigenvalue weighted by Crippen LogP contribution is -2.46. The van der Waals surface area contributed by atoms with Crippen LogP contribution in [-0.4, -0.2) is 42.6 Å². The normalized spacial score (nSPS) is 14.4. The Balaban J connectivity index is 3.79. The Bertz CT molecular complexity index is 200. The van der Waals surface area contributed by atoms with E-state index in [-0.39, 0.29) is 0 Å². The first-order valence-corrected chi connectivity index (χ1v) is 3.62. The second-order valence-electron chi connectivity index (χ2n) is 2.64. The molecule has 0 fully saturated rings. The van der Waals surface area contributed by atoms with Crippen molar-refractivity contribution in [2.45, 2.75) is 18.4 Å². The largest absolute Gasteiger partial charge is 0.480 e. The Labute approximate surface area is 77.1 Å². The van der Waals surface area contributed by atoms with E-state index in [1.54, 1.807) is 0 Å². The summed E-state index contributed by atoms with van der Waals surface area (Å²) in [4.78, 5) is 10.1. The number of aliphatic carboxylic acids is 1. The number of nitrogens with two attached hydrogens (primary N) is 1. The van der Waals surface area contributed by atoms with Gasteiger partial charge in [0.25, 0.3) is 0 Å². The second-order valence-corrected chi connectivity index (χ2v) is 2.64. The average Bonchev–Trinajstić information content (AvgIpc) is 2.03. The van der Waals surface area contributed by atoms with Gasteiger partial charge in [-0.1, -0.05) is 0 Å². The lowest BCUT2D eigenvalue weighted by atomic mass is 10.3. The summed E-state index contributed by atoms with van der Waals surface area (Å²) in [7, 11) is 0. The first-order valence-electron chi connectivity index (χ1n) is 3.62. The summed E-state index contributed by atoms with van der Waals surface area (Å²) in [5.74, 6) is -5.56. The molecule has 0 aliphatic heterocycles. The zero-order chi connectivity index (χ0) is 11.4. The van der Waals surface area contributed by atoms with Gasteiger partial charge in [-0.2, -0.15) is 8.78 Å². The van der Waals surface area contributed by atoms with Crippen molar-refractivity contribution in [2.75, 3.05) is 13.1 Å². The van der Waals surface area contributed by atoms with Gasteiger partial charge in [0.15, 0.2) is 0 Å². The molecule has 0 aliphatic rings. The third-order valence-corrected chi connectivity index (χ3v) is 1.36. The number of nitrogens with one attached hydrogen (secondary N) is 1. The second kappa shape index (κ2) is 5.11. The molecule has 8 heteroatoms. The Morgan fingerprint density at radius 2 is 2.00 bits per heavy atom. The Morgan fingerprint density at radius 1 is 1.50 bits per heavy atom. The van der Waals surface area contributed by atoms with Crippen LogP contribution in [0.2, 0.25) is 0 Å². The summed E-state index contributed by atoms with van der Waals surface area (Å²) in [6.45, 7) is -1.79. The average molecular weight is 218 g/mol. The molecule has 0 heterocycles. The van der Waals surface area contributed by atoms with E-state index in [0.29, 0.717) is 0 Å². The topological polar surface area (TPSA) is 75.3 Å². The molecule has 0 saturated heterocycles. The Kier molecular flexibility index (Phi) is 4.78. The predicted molar refractivity (Wildman–Crippen MR) is 39.4 cm³/mol. The minimum Gasteiger partial charge on any atom is -0.480 e. The molecule has 0 radical (unpaired) electrons. The van der Waals surface area contributed by atoms with E-state index in [2.05, 4.69) is 0 Å². The van der Waals surface area contributed by atoms with E-state index in [0.717, 1.165) is 0 Å². The number of carbonyl (C=O) groups is 1. The van der Waals surface area contributed by atoms with Gasteiger partial charge in [0, 0.05) is 6.54 Å². The number of carboxylic acid groups (broad SMARTS) is 1. The monoisotopic (exact) mass is 218 g/mol. The van der Waals surface area contributed by atoms with Crippen LogP contribution in [0.15, 0.2) is 0 Å². The maximum atomic E-state index is 12.2. The van der Waals surface area contributed by atoms with Crippen LogP contribution in [0.1, 0.15) is 0 Å². The van der Waals surface area contributed by atoms with E-state index in [1.165, 1.54) is 0 Å². The summed E-state index contributed by atoms with van der Waals surface area (Å²) in [5, 5.41) is 10.1. The van der Waals surface area contributed by atoms with E-state index in [9.17, 15) is 22.4 Å². The molecule has 0 saturated carbocycles. The van der Waals surface area contributed by atoms with Gasteiger partial charge in [-0.3, -0.25) is 4.79 Å². The van der Waals surface area contributed by atoms with Crippen molar-refractivity contribution in [3.8, 4) is 0 Å². The number of halogens is 4. The Morgan fingerprint density at radius 3 is 2.36 bits per heavy atom. The number of alkyl halides is 4.